The summed E-state index contributed by atoms with van der Waals surface area (Å²) in [6.45, 7) is 0. The van der Waals surface area contributed by atoms with Crippen molar-refractivity contribution in [2.45, 2.75) is 49.7 Å². The average molecular weight is 540 g/mol. The second-order valence-corrected chi connectivity index (χ2v) is 12.2. The van der Waals surface area contributed by atoms with Crippen LogP contribution >= 0.6 is 11.6 Å². The Morgan fingerprint density at radius 2 is 1.82 bits per heavy atom. The SMILES string of the molecule is O=C(NC1[C@@H]2CC3C[C@H]1CC(O)(C3)C2)c1ccc(C(c2ccccn2)c2c[nH]c3cc(Cl)ccc3c2=O)cc1. The number of aromatic amines is 1. The molecular formula is C32H30ClN3O3. The number of halogens is 1. The summed E-state index contributed by atoms with van der Waals surface area (Å²) in [6, 6.07) is 18.5. The number of pyridine rings is 2. The molecule has 3 N–H and O–H groups in total. The number of carbonyl (C=O) groups is 1. The predicted molar refractivity (Wildman–Crippen MR) is 151 cm³/mol. The van der Waals surface area contributed by atoms with Crippen molar-refractivity contribution in [1.29, 1.82) is 0 Å². The molecule has 0 spiro atoms. The summed E-state index contributed by atoms with van der Waals surface area (Å²) in [5.41, 5.74) is 2.87. The summed E-state index contributed by atoms with van der Waals surface area (Å²) in [7, 11) is 0. The highest BCUT2D eigenvalue weighted by molar-refractivity contribution is 6.31. The molecule has 4 saturated carbocycles. The number of nitrogens with one attached hydrogen (secondary N) is 2. The van der Waals surface area contributed by atoms with Crippen LogP contribution in [0.3, 0.4) is 0 Å². The number of aliphatic hydroxyl groups is 1. The Kier molecular flexibility index (Phi) is 5.87. The molecular weight excluding hydrogens is 510 g/mol. The second-order valence-electron chi connectivity index (χ2n) is 11.8. The van der Waals surface area contributed by atoms with Gasteiger partial charge >= 0.3 is 0 Å². The number of nitrogens with zero attached hydrogens (tertiary/aromatic N) is 1. The van der Waals surface area contributed by atoms with Gasteiger partial charge in [-0.3, -0.25) is 14.6 Å². The zero-order chi connectivity index (χ0) is 26.7. The molecule has 4 fully saturated rings. The minimum absolute atomic E-state index is 0.0820. The van der Waals surface area contributed by atoms with Gasteiger partial charge in [-0.1, -0.05) is 29.8 Å². The molecule has 4 aliphatic rings. The van der Waals surface area contributed by atoms with Crippen molar-refractivity contribution in [3.63, 3.8) is 0 Å². The van der Waals surface area contributed by atoms with Crippen LogP contribution in [-0.4, -0.2) is 32.6 Å². The molecule has 4 aliphatic carbocycles. The van der Waals surface area contributed by atoms with E-state index < -0.39 is 11.5 Å². The molecule has 39 heavy (non-hydrogen) atoms. The van der Waals surface area contributed by atoms with Gasteiger partial charge in [0.2, 0.25) is 0 Å². The summed E-state index contributed by atoms with van der Waals surface area (Å²) < 4.78 is 0. The fraction of sp³-hybridized carbons (Fsp3) is 0.344. The van der Waals surface area contributed by atoms with E-state index >= 15 is 0 Å². The molecule has 198 valence electrons. The maximum absolute atomic E-state index is 13.6. The Balaban J connectivity index is 1.18. The largest absolute Gasteiger partial charge is 0.390 e. The minimum Gasteiger partial charge on any atom is -0.390 e. The summed E-state index contributed by atoms with van der Waals surface area (Å²) >= 11 is 6.13. The van der Waals surface area contributed by atoms with E-state index in [0.29, 0.717) is 44.8 Å². The van der Waals surface area contributed by atoms with Crippen LogP contribution in [0.4, 0.5) is 0 Å². The third-order valence-corrected chi connectivity index (χ3v) is 9.45. The van der Waals surface area contributed by atoms with E-state index in [1.54, 1.807) is 30.6 Å². The quantitative estimate of drug-likeness (QED) is 0.315. The van der Waals surface area contributed by atoms with Crippen molar-refractivity contribution in [2.75, 3.05) is 0 Å². The lowest BCUT2D eigenvalue weighted by Crippen LogP contribution is -2.61. The van der Waals surface area contributed by atoms with E-state index in [1.807, 2.05) is 42.5 Å². The number of rotatable bonds is 5. The number of hydrogen-bond donors (Lipinski definition) is 3. The number of carbonyl (C=O) groups excluding carboxylic acids is 1. The summed E-state index contributed by atoms with van der Waals surface area (Å²) in [5.74, 6) is 0.817. The van der Waals surface area contributed by atoms with Crippen LogP contribution in [0.25, 0.3) is 10.9 Å². The van der Waals surface area contributed by atoms with E-state index in [1.165, 1.54) is 0 Å². The van der Waals surface area contributed by atoms with Crippen LogP contribution in [0, 0.1) is 17.8 Å². The molecule has 0 aliphatic heterocycles. The lowest BCUT2D eigenvalue weighted by molar-refractivity contribution is -0.136. The van der Waals surface area contributed by atoms with Crippen molar-refractivity contribution in [3.8, 4) is 0 Å². The van der Waals surface area contributed by atoms with Crippen LogP contribution in [0.5, 0.6) is 0 Å². The monoisotopic (exact) mass is 539 g/mol. The first-order valence-corrected chi connectivity index (χ1v) is 14.1. The van der Waals surface area contributed by atoms with Crippen molar-refractivity contribution in [3.05, 3.63) is 111 Å². The van der Waals surface area contributed by atoms with Gasteiger partial charge in [-0.15, -0.1) is 0 Å². The number of fused-ring (bicyclic) bond motifs is 1. The zero-order valence-electron chi connectivity index (χ0n) is 21.4. The first-order chi connectivity index (χ1) is 18.9. The minimum atomic E-state index is -0.521. The van der Waals surface area contributed by atoms with E-state index in [0.717, 1.165) is 43.4 Å². The van der Waals surface area contributed by atoms with Gasteiger partial charge in [-0.2, -0.15) is 0 Å². The lowest BCUT2D eigenvalue weighted by atomic mass is 9.52. The summed E-state index contributed by atoms with van der Waals surface area (Å²) in [5, 5.41) is 15.3. The maximum Gasteiger partial charge on any atom is 0.251 e. The molecule has 2 aromatic carbocycles. The Morgan fingerprint density at radius 1 is 1.05 bits per heavy atom. The predicted octanol–water partition coefficient (Wildman–Crippen LogP) is 5.43. The van der Waals surface area contributed by atoms with E-state index in [4.69, 9.17) is 11.6 Å². The normalized spacial score (nSPS) is 27.9. The molecule has 4 unspecified atom stereocenters. The Morgan fingerprint density at radius 3 is 2.51 bits per heavy atom. The summed E-state index contributed by atoms with van der Waals surface area (Å²) in [6.07, 6.45) is 8.17. The molecule has 6 atom stereocenters. The molecule has 2 aromatic heterocycles. The van der Waals surface area contributed by atoms with Gasteiger partial charge in [-0.25, -0.2) is 0 Å². The van der Waals surface area contributed by atoms with E-state index in [9.17, 15) is 14.7 Å². The van der Waals surface area contributed by atoms with Crippen LogP contribution in [0.15, 0.2) is 77.9 Å². The molecule has 7 heteroatoms. The first kappa shape index (κ1) is 24.6. The topological polar surface area (TPSA) is 95.1 Å². The van der Waals surface area contributed by atoms with Crippen molar-refractivity contribution >= 4 is 28.4 Å². The average Bonchev–Trinajstić information content (AvgIpc) is 2.92. The van der Waals surface area contributed by atoms with Gasteiger partial charge in [-0.05, 0) is 97.9 Å². The Hall–Kier alpha value is -3.48. The highest BCUT2D eigenvalue weighted by Crippen LogP contribution is 2.55. The number of amides is 1. The molecule has 4 aromatic rings. The van der Waals surface area contributed by atoms with Crippen molar-refractivity contribution in [2.24, 2.45) is 17.8 Å². The number of aromatic nitrogens is 2. The molecule has 0 radical (unpaired) electrons. The third-order valence-electron chi connectivity index (χ3n) is 9.21. The van der Waals surface area contributed by atoms with Gasteiger partial charge in [0.05, 0.1) is 22.7 Å². The van der Waals surface area contributed by atoms with Gasteiger partial charge in [0.15, 0.2) is 5.43 Å². The van der Waals surface area contributed by atoms with Gasteiger partial charge in [0, 0.05) is 40.0 Å². The van der Waals surface area contributed by atoms with Crippen molar-refractivity contribution in [1.82, 2.24) is 15.3 Å². The molecule has 8 rings (SSSR count). The van der Waals surface area contributed by atoms with E-state index in [2.05, 4.69) is 15.3 Å². The molecule has 6 nitrogen and oxygen atoms in total. The van der Waals surface area contributed by atoms with Crippen LogP contribution in [0.2, 0.25) is 5.02 Å². The second kappa shape index (κ2) is 9.32. The maximum atomic E-state index is 13.6. The molecule has 1 amide bonds. The van der Waals surface area contributed by atoms with Gasteiger partial charge in [0.25, 0.3) is 5.91 Å². The lowest BCUT2D eigenvalue weighted by Gasteiger charge is -2.58. The fourth-order valence-electron chi connectivity index (χ4n) is 7.76. The standard InChI is InChI=1S/C32H30ClN3O3/c33-23-8-9-24-27(13-23)35-17-25(30(24)37)28(26-3-1-2-10-34-26)19-4-6-20(7-5-19)31(38)36-29-21-11-18-12-22(29)16-32(39,14-18)15-21/h1-10,13,17-18,21-22,28-29,39H,11-12,14-16H2,(H,35,37)(H,36,38)/t18?,21-,22+,28?,29?,32?. The van der Waals surface area contributed by atoms with Gasteiger partial charge in [0.1, 0.15) is 0 Å². The first-order valence-electron chi connectivity index (χ1n) is 13.7. The number of H-pyrrole nitrogens is 1. The number of benzene rings is 2. The Labute approximate surface area is 231 Å². The zero-order valence-corrected chi connectivity index (χ0v) is 22.2. The van der Waals surface area contributed by atoms with E-state index in [-0.39, 0.29) is 17.4 Å². The fourth-order valence-corrected chi connectivity index (χ4v) is 7.93. The van der Waals surface area contributed by atoms with Crippen molar-refractivity contribution < 1.29 is 9.90 Å². The molecule has 4 bridgehead atoms. The van der Waals surface area contributed by atoms with Crippen LogP contribution in [0.1, 0.15) is 65.2 Å². The van der Waals surface area contributed by atoms with Crippen LogP contribution < -0.4 is 10.7 Å². The molecule has 0 saturated heterocycles. The summed E-state index contributed by atoms with van der Waals surface area (Å²) in [4.78, 5) is 34.7. The van der Waals surface area contributed by atoms with Gasteiger partial charge < -0.3 is 15.4 Å². The highest BCUT2D eigenvalue weighted by atomic mass is 35.5. The smallest absolute Gasteiger partial charge is 0.251 e. The number of hydrogen-bond acceptors (Lipinski definition) is 4. The Bertz CT molecular complexity index is 1600. The highest BCUT2D eigenvalue weighted by Gasteiger charge is 2.55. The van der Waals surface area contributed by atoms with Crippen LogP contribution in [-0.2, 0) is 0 Å². The molecule has 2 heterocycles. The third kappa shape index (κ3) is 4.36.